The van der Waals surface area contributed by atoms with Crippen molar-refractivity contribution in [2.45, 2.75) is 26.2 Å². The van der Waals surface area contributed by atoms with Gasteiger partial charge in [0.05, 0.1) is 0 Å². The van der Waals surface area contributed by atoms with Crippen molar-refractivity contribution in [1.82, 2.24) is 0 Å². The van der Waals surface area contributed by atoms with Gasteiger partial charge in [-0.15, -0.1) is 11.6 Å². The lowest BCUT2D eigenvalue weighted by Gasteiger charge is -1.98. The highest BCUT2D eigenvalue weighted by Crippen LogP contribution is 2.08. The van der Waals surface area contributed by atoms with Crippen molar-refractivity contribution in [1.29, 1.82) is 0 Å². The molecular formula is C13H17Cl. The summed E-state index contributed by atoms with van der Waals surface area (Å²) in [6, 6.07) is 8.72. The fraction of sp³-hybridized carbons (Fsp3) is 0.385. The Hall–Kier alpha value is -0.750. The van der Waals surface area contributed by atoms with Crippen LogP contribution >= 0.6 is 11.6 Å². The van der Waals surface area contributed by atoms with Crippen molar-refractivity contribution in [3.05, 3.63) is 41.5 Å². The van der Waals surface area contributed by atoms with E-state index in [0.717, 1.165) is 6.42 Å². The van der Waals surface area contributed by atoms with Crippen LogP contribution in [0.25, 0.3) is 6.08 Å². The number of benzene rings is 1. The molecule has 0 radical (unpaired) electrons. The molecule has 0 saturated carbocycles. The quantitative estimate of drug-likeness (QED) is 0.634. The van der Waals surface area contributed by atoms with Crippen molar-refractivity contribution in [3.63, 3.8) is 0 Å². The number of halogens is 1. The largest absolute Gasteiger partial charge is 0.126 e. The molecule has 0 heterocycles. The molecule has 76 valence electrons. The molecule has 0 N–H and O–H groups in total. The normalized spacial score (nSPS) is 11.0. The second-order valence-corrected chi connectivity index (χ2v) is 3.75. The van der Waals surface area contributed by atoms with Gasteiger partial charge in [0.1, 0.15) is 0 Å². The minimum absolute atomic E-state index is 0.699. The molecule has 1 rings (SSSR count). The summed E-state index contributed by atoms with van der Waals surface area (Å²) in [6.45, 7) is 2.20. The summed E-state index contributed by atoms with van der Waals surface area (Å²) in [5.41, 5.74) is 2.68. The molecule has 1 aromatic rings. The maximum Gasteiger partial charge on any atom is 0.0258 e. The third-order valence-corrected chi connectivity index (χ3v) is 2.32. The molecule has 14 heavy (non-hydrogen) atoms. The predicted octanol–water partition coefficient (Wildman–Crippen LogP) is 4.28. The molecule has 0 fully saturated rings. The van der Waals surface area contributed by atoms with E-state index < -0.39 is 0 Å². The minimum Gasteiger partial charge on any atom is -0.126 e. The van der Waals surface area contributed by atoms with Gasteiger partial charge in [0.25, 0.3) is 0 Å². The van der Waals surface area contributed by atoms with Gasteiger partial charge in [-0.05, 0) is 24.0 Å². The van der Waals surface area contributed by atoms with E-state index in [2.05, 4.69) is 43.3 Å². The Morgan fingerprint density at radius 2 is 1.93 bits per heavy atom. The summed E-state index contributed by atoms with van der Waals surface area (Å²) in [7, 11) is 0. The summed E-state index contributed by atoms with van der Waals surface area (Å²) in [5, 5.41) is 0. The molecule has 0 aliphatic rings. The van der Waals surface area contributed by atoms with Crippen molar-refractivity contribution < 1.29 is 0 Å². The molecule has 1 aromatic carbocycles. The average molecular weight is 209 g/mol. The Labute approximate surface area is 91.6 Å². The maximum absolute atomic E-state index is 5.58. The zero-order valence-electron chi connectivity index (χ0n) is 8.67. The first kappa shape index (κ1) is 11.3. The van der Waals surface area contributed by atoms with E-state index in [1.165, 1.54) is 24.0 Å². The van der Waals surface area contributed by atoms with Crippen LogP contribution in [0.4, 0.5) is 0 Å². The summed E-state index contributed by atoms with van der Waals surface area (Å²) in [5.74, 6) is 0.699. The smallest absolute Gasteiger partial charge is 0.0258 e. The third kappa shape index (κ3) is 3.97. The zero-order chi connectivity index (χ0) is 10.2. The van der Waals surface area contributed by atoms with Crippen molar-refractivity contribution >= 4 is 17.7 Å². The lowest BCUT2D eigenvalue weighted by Crippen LogP contribution is -1.82. The molecule has 0 aliphatic heterocycles. The fourth-order valence-corrected chi connectivity index (χ4v) is 1.49. The van der Waals surface area contributed by atoms with Crippen LogP contribution in [0, 0.1) is 0 Å². The summed E-state index contributed by atoms with van der Waals surface area (Å²) in [4.78, 5) is 0. The van der Waals surface area contributed by atoms with Crippen LogP contribution < -0.4 is 0 Å². The molecule has 0 amide bonds. The Morgan fingerprint density at radius 1 is 1.21 bits per heavy atom. The lowest BCUT2D eigenvalue weighted by molar-refractivity contribution is 0.922. The molecule has 0 nitrogen and oxygen atoms in total. The van der Waals surface area contributed by atoms with Crippen molar-refractivity contribution in [2.75, 3.05) is 5.88 Å². The first-order chi connectivity index (χ1) is 6.86. The molecule has 0 saturated heterocycles. The summed E-state index contributed by atoms with van der Waals surface area (Å²) < 4.78 is 0. The first-order valence-corrected chi connectivity index (χ1v) is 5.71. The number of rotatable bonds is 5. The van der Waals surface area contributed by atoms with E-state index in [1.54, 1.807) is 0 Å². The van der Waals surface area contributed by atoms with Crippen LogP contribution in [0.15, 0.2) is 30.3 Å². The van der Waals surface area contributed by atoms with Crippen LogP contribution in [-0.4, -0.2) is 5.88 Å². The lowest BCUT2D eigenvalue weighted by atomic mass is 10.1. The summed E-state index contributed by atoms with van der Waals surface area (Å²) >= 11 is 5.58. The van der Waals surface area contributed by atoms with Crippen molar-refractivity contribution in [2.24, 2.45) is 0 Å². The van der Waals surface area contributed by atoms with Crippen LogP contribution in [0.3, 0.4) is 0 Å². The number of hydrogen-bond acceptors (Lipinski definition) is 0. The Morgan fingerprint density at radius 3 is 2.50 bits per heavy atom. The number of allylic oxidation sites excluding steroid dienone is 1. The molecule has 0 bridgehead atoms. The van der Waals surface area contributed by atoms with Gasteiger partial charge >= 0.3 is 0 Å². The van der Waals surface area contributed by atoms with Gasteiger partial charge in [0.15, 0.2) is 0 Å². The third-order valence-electron chi connectivity index (χ3n) is 2.10. The summed E-state index contributed by atoms with van der Waals surface area (Å²) in [6.07, 6.45) is 7.56. The van der Waals surface area contributed by atoms with E-state index in [9.17, 15) is 0 Å². The molecule has 0 atom stereocenters. The second-order valence-electron chi connectivity index (χ2n) is 3.37. The average Bonchev–Trinajstić information content (AvgIpc) is 2.21. The van der Waals surface area contributed by atoms with Gasteiger partial charge < -0.3 is 0 Å². The van der Waals surface area contributed by atoms with Crippen molar-refractivity contribution in [3.8, 4) is 0 Å². The van der Waals surface area contributed by atoms with E-state index >= 15 is 0 Å². The number of alkyl halides is 1. The van der Waals surface area contributed by atoms with Crippen LogP contribution in [-0.2, 0) is 6.42 Å². The van der Waals surface area contributed by atoms with Gasteiger partial charge in [-0.1, -0.05) is 49.8 Å². The second kappa shape index (κ2) is 6.67. The van der Waals surface area contributed by atoms with E-state index in [-0.39, 0.29) is 0 Å². The highest BCUT2D eigenvalue weighted by atomic mass is 35.5. The first-order valence-electron chi connectivity index (χ1n) is 5.18. The highest BCUT2D eigenvalue weighted by molar-refractivity contribution is 6.17. The van der Waals surface area contributed by atoms with E-state index in [0.29, 0.717) is 5.88 Å². The molecular weight excluding hydrogens is 192 g/mol. The van der Waals surface area contributed by atoms with E-state index in [1.807, 2.05) is 0 Å². The Bertz CT molecular complexity index is 272. The fourth-order valence-electron chi connectivity index (χ4n) is 1.37. The SMILES string of the molecule is CCCc1ccc(C=CCCCl)cc1. The standard InChI is InChI=1S/C13H17Cl/c1-2-5-12-7-9-13(10-8-12)6-3-4-11-14/h3,6-10H,2,4-5,11H2,1H3. The van der Waals surface area contributed by atoms with Crippen LogP contribution in [0.1, 0.15) is 30.9 Å². The minimum atomic E-state index is 0.699. The Kier molecular flexibility index (Phi) is 5.39. The molecule has 1 heteroatoms. The van der Waals surface area contributed by atoms with Gasteiger partial charge in [0.2, 0.25) is 0 Å². The van der Waals surface area contributed by atoms with Crippen LogP contribution in [0.5, 0.6) is 0 Å². The number of hydrogen-bond donors (Lipinski definition) is 0. The molecule has 0 aromatic heterocycles. The van der Waals surface area contributed by atoms with Gasteiger partial charge in [-0.25, -0.2) is 0 Å². The Balaban J connectivity index is 2.54. The monoisotopic (exact) mass is 208 g/mol. The van der Waals surface area contributed by atoms with E-state index in [4.69, 9.17) is 11.6 Å². The predicted molar refractivity (Wildman–Crippen MR) is 64.8 cm³/mol. The van der Waals surface area contributed by atoms with Gasteiger partial charge in [0, 0.05) is 5.88 Å². The van der Waals surface area contributed by atoms with Gasteiger partial charge in [-0.3, -0.25) is 0 Å². The zero-order valence-corrected chi connectivity index (χ0v) is 9.43. The molecule has 0 spiro atoms. The highest BCUT2D eigenvalue weighted by Gasteiger charge is 1.90. The number of aryl methyl sites for hydroxylation is 1. The molecule has 0 aliphatic carbocycles. The van der Waals surface area contributed by atoms with Crippen LogP contribution in [0.2, 0.25) is 0 Å². The molecule has 0 unspecified atom stereocenters. The maximum atomic E-state index is 5.58. The van der Waals surface area contributed by atoms with Gasteiger partial charge in [-0.2, -0.15) is 0 Å². The topological polar surface area (TPSA) is 0 Å².